The molecule has 12 heteroatoms. The van der Waals surface area contributed by atoms with Gasteiger partial charge in [-0.15, -0.1) is 0 Å². The molecule has 0 bridgehead atoms. The van der Waals surface area contributed by atoms with Gasteiger partial charge in [-0.1, -0.05) is 12.1 Å². The average molecular weight is 474 g/mol. The minimum atomic E-state index is -4.45. The molecule has 0 saturated carbocycles. The number of hydrogen-bond acceptors (Lipinski definition) is 5. The molecule has 0 unspecified atom stereocenters. The quantitative estimate of drug-likeness (QED) is 0.629. The number of halogens is 4. The molecule has 1 fully saturated rings. The van der Waals surface area contributed by atoms with E-state index in [-0.39, 0.29) is 6.04 Å². The molecule has 1 saturated heterocycles. The van der Waals surface area contributed by atoms with Gasteiger partial charge in [-0.2, -0.15) is 17.9 Å². The molecule has 1 aromatic heterocycles. The number of carbonyl (C=O) groups is 1. The number of amides is 1. The van der Waals surface area contributed by atoms with Gasteiger partial charge < -0.3 is 10.2 Å². The Balaban J connectivity index is 1.52. The lowest BCUT2D eigenvalue weighted by Gasteiger charge is -2.33. The monoisotopic (exact) mass is 474 g/mol. The summed E-state index contributed by atoms with van der Waals surface area (Å²) in [6.45, 7) is 2.27. The van der Waals surface area contributed by atoms with Gasteiger partial charge >= 0.3 is 6.18 Å². The minimum absolute atomic E-state index is 0.242. The van der Waals surface area contributed by atoms with Crippen LogP contribution in [0.5, 0.6) is 0 Å². The number of anilines is 1. The Kier molecular flexibility index (Phi) is 7.03. The summed E-state index contributed by atoms with van der Waals surface area (Å²) >= 11 is 0. The molecule has 2 N–H and O–H groups in total. The van der Waals surface area contributed by atoms with Crippen LogP contribution in [0.4, 0.5) is 23.4 Å². The number of nitrogens with one attached hydrogen (secondary N) is 2. The molecule has 2 aromatic rings. The Hall–Kier alpha value is -2.73. The van der Waals surface area contributed by atoms with E-state index in [4.69, 9.17) is 0 Å². The molecule has 3 rings (SSSR count). The molecule has 1 atom stereocenters. The summed E-state index contributed by atoms with van der Waals surface area (Å²) in [6, 6.07) is 5.76. The maximum absolute atomic E-state index is 13.8. The van der Waals surface area contributed by atoms with Crippen LogP contribution in [-0.4, -0.2) is 44.5 Å². The highest BCUT2D eigenvalue weighted by molar-refractivity contribution is 7.89. The second-order valence-corrected chi connectivity index (χ2v) is 9.13. The van der Waals surface area contributed by atoms with Crippen LogP contribution < -0.4 is 14.9 Å². The third-order valence-electron chi connectivity index (χ3n) is 5.09. The zero-order chi connectivity index (χ0) is 23.5. The van der Waals surface area contributed by atoms with Crippen LogP contribution in [0, 0.1) is 5.82 Å². The number of sulfonamides is 1. The maximum Gasteiger partial charge on any atom is 0.417 e. The van der Waals surface area contributed by atoms with Gasteiger partial charge in [-0.05, 0) is 44.0 Å². The zero-order valence-corrected chi connectivity index (χ0v) is 17.9. The number of carbonyl (C=O) groups excluding carboxylic acids is 1. The van der Waals surface area contributed by atoms with E-state index in [1.807, 2.05) is 4.90 Å². The Morgan fingerprint density at radius 1 is 1.16 bits per heavy atom. The molecule has 0 radical (unpaired) electrons. The molecule has 174 valence electrons. The molecule has 1 aliphatic rings. The van der Waals surface area contributed by atoms with Crippen molar-refractivity contribution in [2.45, 2.75) is 42.9 Å². The van der Waals surface area contributed by atoms with Gasteiger partial charge in [0.25, 0.3) is 0 Å². The SMILES string of the molecule is C[C@H](NS(=O)(=O)c1ccccc1F)C(=O)NC1CCN(c2ccc(C(F)(F)F)cn2)CC1. The minimum Gasteiger partial charge on any atom is -0.356 e. The Labute approximate surface area is 182 Å². The van der Waals surface area contributed by atoms with Gasteiger partial charge in [0.2, 0.25) is 15.9 Å². The van der Waals surface area contributed by atoms with Gasteiger partial charge in [-0.25, -0.2) is 17.8 Å². The number of piperidine rings is 1. The summed E-state index contributed by atoms with van der Waals surface area (Å²) in [7, 11) is -4.22. The zero-order valence-electron chi connectivity index (χ0n) is 17.1. The molecule has 1 amide bonds. The van der Waals surface area contributed by atoms with E-state index in [9.17, 15) is 30.8 Å². The smallest absolute Gasteiger partial charge is 0.356 e. The third-order valence-corrected chi connectivity index (χ3v) is 6.67. The highest BCUT2D eigenvalue weighted by Gasteiger charge is 2.31. The molecule has 32 heavy (non-hydrogen) atoms. The number of nitrogens with zero attached hydrogens (tertiary/aromatic N) is 2. The summed E-state index contributed by atoms with van der Waals surface area (Å²) in [5, 5.41) is 2.75. The number of benzene rings is 1. The van der Waals surface area contributed by atoms with Crippen molar-refractivity contribution < 1.29 is 30.8 Å². The molecule has 0 spiro atoms. The highest BCUT2D eigenvalue weighted by Crippen LogP contribution is 2.29. The van der Waals surface area contributed by atoms with Crippen LogP contribution >= 0.6 is 0 Å². The first kappa shape index (κ1) is 23.9. The van der Waals surface area contributed by atoms with Crippen molar-refractivity contribution >= 4 is 21.7 Å². The van der Waals surface area contributed by atoms with Crippen molar-refractivity contribution in [2.75, 3.05) is 18.0 Å². The summed E-state index contributed by atoms with van der Waals surface area (Å²) in [5.41, 5.74) is -0.824. The highest BCUT2D eigenvalue weighted by atomic mass is 32.2. The number of alkyl halides is 3. The Morgan fingerprint density at radius 2 is 1.81 bits per heavy atom. The lowest BCUT2D eigenvalue weighted by Crippen LogP contribution is -2.51. The predicted octanol–water partition coefficient (Wildman–Crippen LogP) is 2.69. The number of hydrogen-bond donors (Lipinski definition) is 2. The first-order chi connectivity index (χ1) is 15.0. The van der Waals surface area contributed by atoms with Crippen LogP contribution in [0.15, 0.2) is 47.5 Å². The lowest BCUT2D eigenvalue weighted by molar-refractivity contribution is -0.137. The maximum atomic E-state index is 13.8. The fourth-order valence-corrected chi connectivity index (χ4v) is 4.61. The summed E-state index contributed by atoms with van der Waals surface area (Å²) in [5.74, 6) is -1.07. The number of pyridine rings is 1. The number of rotatable bonds is 6. The standard InChI is InChI=1S/C20H22F4N4O3S/c1-13(27-32(30,31)17-5-3-2-4-16(17)21)19(29)26-15-8-10-28(11-9-15)18-7-6-14(12-25-18)20(22,23)24/h2-7,12-13,15,27H,8-11H2,1H3,(H,26,29)/t13-/m0/s1. The van der Waals surface area contributed by atoms with Crippen molar-refractivity contribution in [3.8, 4) is 0 Å². The van der Waals surface area contributed by atoms with Crippen molar-refractivity contribution in [1.82, 2.24) is 15.0 Å². The van der Waals surface area contributed by atoms with Crippen molar-refractivity contribution in [3.05, 3.63) is 54.0 Å². The van der Waals surface area contributed by atoms with Crippen LogP contribution in [0.2, 0.25) is 0 Å². The van der Waals surface area contributed by atoms with Gasteiger partial charge in [0.05, 0.1) is 11.6 Å². The molecule has 7 nitrogen and oxygen atoms in total. The van der Waals surface area contributed by atoms with E-state index < -0.39 is 44.4 Å². The summed E-state index contributed by atoms with van der Waals surface area (Å²) in [6.07, 6.45) is -2.66. The molecule has 2 heterocycles. The third kappa shape index (κ3) is 5.74. The second-order valence-electron chi connectivity index (χ2n) is 7.45. The lowest BCUT2D eigenvalue weighted by atomic mass is 10.0. The van der Waals surface area contributed by atoms with E-state index >= 15 is 0 Å². The van der Waals surface area contributed by atoms with Gasteiger partial charge in [0.15, 0.2) is 0 Å². The molecule has 1 aliphatic heterocycles. The van der Waals surface area contributed by atoms with Crippen LogP contribution in [0.25, 0.3) is 0 Å². The van der Waals surface area contributed by atoms with Crippen LogP contribution in [-0.2, 0) is 21.0 Å². The summed E-state index contributed by atoms with van der Waals surface area (Å²) < 4.78 is 78.6. The Bertz CT molecular complexity index is 1050. The Morgan fingerprint density at radius 3 is 2.38 bits per heavy atom. The largest absolute Gasteiger partial charge is 0.417 e. The predicted molar refractivity (Wildman–Crippen MR) is 109 cm³/mol. The molecule has 0 aliphatic carbocycles. The van der Waals surface area contributed by atoms with Crippen molar-refractivity contribution in [3.63, 3.8) is 0 Å². The van der Waals surface area contributed by atoms with E-state index in [0.717, 1.165) is 24.4 Å². The first-order valence-corrected chi connectivity index (χ1v) is 11.3. The molecular weight excluding hydrogens is 452 g/mol. The van der Waals surface area contributed by atoms with E-state index in [1.54, 1.807) is 0 Å². The second kappa shape index (κ2) is 9.41. The fourth-order valence-electron chi connectivity index (χ4n) is 3.33. The van der Waals surface area contributed by atoms with E-state index in [1.165, 1.54) is 25.1 Å². The van der Waals surface area contributed by atoms with Crippen molar-refractivity contribution in [2.24, 2.45) is 0 Å². The van der Waals surface area contributed by atoms with E-state index in [0.29, 0.717) is 31.7 Å². The van der Waals surface area contributed by atoms with Crippen LogP contribution in [0.1, 0.15) is 25.3 Å². The first-order valence-electron chi connectivity index (χ1n) is 9.83. The van der Waals surface area contributed by atoms with Gasteiger partial charge in [-0.3, -0.25) is 4.79 Å². The molecular formula is C20H22F4N4O3S. The normalized spacial score (nSPS) is 16.6. The van der Waals surface area contributed by atoms with Gasteiger partial charge in [0, 0.05) is 25.3 Å². The summed E-state index contributed by atoms with van der Waals surface area (Å²) in [4.78, 5) is 17.6. The number of aromatic nitrogens is 1. The van der Waals surface area contributed by atoms with E-state index in [2.05, 4.69) is 15.0 Å². The average Bonchev–Trinajstić information content (AvgIpc) is 2.73. The van der Waals surface area contributed by atoms with Crippen LogP contribution in [0.3, 0.4) is 0 Å². The molecule has 1 aromatic carbocycles. The fraction of sp³-hybridized carbons (Fsp3) is 0.400. The van der Waals surface area contributed by atoms with Crippen molar-refractivity contribution in [1.29, 1.82) is 0 Å². The van der Waals surface area contributed by atoms with Gasteiger partial charge in [0.1, 0.15) is 16.5 Å². The topological polar surface area (TPSA) is 91.4 Å².